The van der Waals surface area contributed by atoms with Gasteiger partial charge in [-0.05, 0) is 19.1 Å². The lowest BCUT2D eigenvalue weighted by Crippen LogP contribution is -2.52. The number of benzene rings is 1. The molecule has 5 rings (SSSR count). The molecule has 2 aliphatic rings. The van der Waals surface area contributed by atoms with Gasteiger partial charge in [-0.2, -0.15) is 5.10 Å². The Hall–Kier alpha value is -3.42. The summed E-state index contributed by atoms with van der Waals surface area (Å²) in [5.74, 6) is 0. The quantitative estimate of drug-likeness (QED) is 0.428. The van der Waals surface area contributed by atoms with Crippen LogP contribution in [0.3, 0.4) is 0 Å². The molecule has 1 aromatic carbocycles. The minimum atomic E-state index is -4.11. The zero-order valence-electron chi connectivity index (χ0n) is 21.6. The number of alkyl halides is 2. The van der Waals surface area contributed by atoms with Gasteiger partial charge < -0.3 is 14.7 Å². The maximum Gasteiger partial charge on any atom is 0.319 e. The van der Waals surface area contributed by atoms with Crippen molar-refractivity contribution in [3.8, 4) is 10.7 Å². The van der Waals surface area contributed by atoms with Crippen LogP contribution in [-0.4, -0.2) is 89.7 Å². The molecule has 1 N–H and O–H groups in total. The number of nitrogens with one attached hydrogen (secondary N) is 1. The average molecular weight is 580 g/mol. The maximum atomic E-state index is 13.4. The molecule has 1 aliphatic heterocycles. The van der Waals surface area contributed by atoms with Gasteiger partial charge in [0.1, 0.15) is 5.69 Å². The Balaban J connectivity index is 1.59. The molecule has 0 bridgehead atoms. The summed E-state index contributed by atoms with van der Waals surface area (Å²) < 4.78 is 57.4. The second kappa shape index (κ2) is 9.96. The summed E-state index contributed by atoms with van der Waals surface area (Å²) in [5.41, 5.74) is 0.250. The van der Waals surface area contributed by atoms with Gasteiger partial charge in [0.05, 0.1) is 28.9 Å². The van der Waals surface area contributed by atoms with E-state index in [1.807, 2.05) is 11.8 Å². The topological polar surface area (TPSA) is 121 Å². The predicted molar refractivity (Wildman–Crippen MR) is 141 cm³/mol. The van der Waals surface area contributed by atoms with Crippen molar-refractivity contribution < 1.29 is 22.0 Å². The number of carbonyl (C=O) groups is 1. The van der Waals surface area contributed by atoms with Crippen molar-refractivity contribution in [1.82, 2.24) is 34.5 Å². The van der Waals surface area contributed by atoms with Crippen LogP contribution < -0.4 is 9.62 Å². The summed E-state index contributed by atoms with van der Waals surface area (Å²) in [6.07, 6.45) is -1.95. The second-order valence-electron chi connectivity index (χ2n) is 9.58. The van der Waals surface area contributed by atoms with E-state index in [0.717, 1.165) is 0 Å². The highest BCUT2D eigenvalue weighted by Gasteiger charge is 2.54. The van der Waals surface area contributed by atoms with Gasteiger partial charge in [-0.15, -0.1) is 14.9 Å². The van der Waals surface area contributed by atoms with Crippen molar-refractivity contribution in [2.24, 2.45) is 7.05 Å². The van der Waals surface area contributed by atoms with E-state index in [-0.39, 0.29) is 21.6 Å². The minimum absolute atomic E-state index is 0.0722. The highest BCUT2D eigenvalue weighted by Crippen LogP contribution is 2.41. The van der Waals surface area contributed by atoms with Crippen LogP contribution in [0.4, 0.5) is 19.3 Å². The Morgan fingerprint density at radius 2 is 1.95 bits per heavy atom. The molecular weight excluding hydrogens is 552 g/mol. The Morgan fingerprint density at radius 3 is 2.51 bits per heavy atom. The zero-order chi connectivity index (χ0) is 28.1. The average Bonchev–Trinajstić information content (AvgIpc) is 3.35. The molecule has 12 nitrogen and oxygen atoms in total. The largest absolute Gasteiger partial charge is 0.366 e. The van der Waals surface area contributed by atoms with Crippen LogP contribution >= 0.6 is 11.3 Å². The maximum absolute atomic E-state index is 13.4. The van der Waals surface area contributed by atoms with E-state index in [2.05, 4.69) is 24.9 Å². The fourth-order valence-corrected chi connectivity index (χ4v) is 6.63. The third-order valence-corrected chi connectivity index (χ3v) is 9.43. The van der Waals surface area contributed by atoms with Gasteiger partial charge in [-0.1, -0.05) is 11.3 Å². The summed E-state index contributed by atoms with van der Waals surface area (Å²) >= 11 is 0.694. The highest BCUT2D eigenvalue weighted by molar-refractivity contribution is 7.89. The number of hydrogen-bond acceptors (Lipinski definition) is 8. The third kappa shape index (κ3) is 5.01. The Kier molecular flexibility index (Phi) is 6.93. The van der Waals surface area contributed by atoms with Crippen LogP contribution in [0.1, 0.15) is 31.2 Å². The molecule has 3 heterocycles. The highest BCUT2D eigenvalue weighted by atomic mass is 32.2. The Labute approximate surface area is 228 Å². The minimum Gasteiger partial charge on any atom is -0.366 e. The van der Waals surface area contributed by atoms with Gasteiger partial charge in [0, 0.05) is 52.2 Å². The van der Waals surface area contributed by atoms with Crippen LogP contribution in [0.5, 0.6) is 0 Å². The lowest BCUT2D eigenvalue weighted by Gasteiger charge is -2.38. The molecule has 1 aliphatic carbocycles. The molecule has 3 aromatic rings. The van der Waals surface area contributed by atoms with Crippen LogP contribution in [0, 0.1) is 6.57 Å². The van der Waals surface area contributed by atoms with Crippen LogP contribution in [-0.2, 0) is 17.1 Å². The van der Waals surface area contributed by atoms with E-state index in [4.69, 9.17) is 6.57 Å². The van der Waals surface area contributed by atoms with Gasteiger partial charge in [-0.3, -0.25) is 9.53 Å². The number of urea groups is 1. The van der Waals surface area contributed by atoms with E-state index < -0.39 is 27.1 Å². The van der Waals surface area contributed by atoms with E-state index >= 15 is 0 Å². The molecule has 0 radical (unpaired) electrons. The summed E-state index contributed by atoms with van der Waals surface area (Å²) in [7, 11) is -0.687. The number of piperazine rings is 1. The monoisotopic (exact) mass is 579 g/mol. The SMILES string of the molecule is [C-]#[N+]C1(NS(=O)(=O)c2cc(N3CCN(C(=O)N(C)CC)CC3)c3c(c2)c(-c2nnc(C(F)F)s2)nn3C)CC1. The summed E-state index contributed by atoms with van der Waals surface area (Å²) in [4.78, 5) is 21.4. The fraction of sp³-hybridized carbons (Fsp3) is 0.522. The van der Waals surface area contributed by atoms with E-state index in [9.17, 15) is 22.0 Å². The second-order valence-corrected chi connectivity index (χ2v) is 12.3. The smallest absolute Gasteiger partial charge is 0.319 e. The molecule has 16 heteroatoms. The molecular formula is C23H27F2N9O3S2. The van der Waals surface area contributed by atoms with Crippen molar-refractivity contribution >= 4 is 44.0 Å². The number of aryl methyl sites for hydroxylation is 1. The van der Waals surface area contributed by atoms with Crippen molar-refractivity contribution in [2.75, 3.05) is 44.7 Å². The number of anilines is 1. The number of nitrogens with zero attached hydrogens (tertiary/aromatic N) is 8. The Morgan fingerprint density at radius 1 is 1.26 bits per heavy atom. The van der Waals surface area contributed by atoms with Crippen molar-refractivity contribution in [3.63, 3.8) is 0 Å². The van der Waals surface area contributed by atoms with Crippen molar-refractivity contribution in [1.29, 1.82) is 0 Å². The first-order chi connectivity index (χ1) is 18.5. The van der Waals surface area contributed by atoms with Gasteiger partial charge in [-0.25, -0.2) is 28.6 Å². The number of carbonyl (C=O) groups excluding carboxylic acids is 1. The molecule has 2 aromatic heterocycles. The molecule has 2 amide bonds. The molecule has 39 heavy (non-hydrogen) atoms. The van der Waals surface area contributed by atoms with Crippen LogP contribution in [0.25, 0.3) is 26.4 Å². The number of amides is 2. The van der Waals surface area contributed by atoms with Gasteiger partial charge in [0.2, 0.25) is 10.0 Å². The first kappa shape index (κ1) is 27.2. The van der Waals surface area contributed by atoms with E-state index in [1.54, 1.807) is 28.6 Å². The molecule has 0 spiro atoms. The van der Waals surface area contributed by atoms with Crippen LogP contribution in [0.2, 0.25) is 0 Å². The molecule has 0 unspecified atom stereocenters. The summed E-state index contributed by atoms with van der Waals surface area (Å²) in [5, 5.41) is 12.0. The molecule has 208 valence electrons. The fourth-order valence-electron chi connectivity index (χ4n) is 4.52. The van der Waals surface area contributed by atoms with Crippen molar-refractivity contribution in [2.45, 2.75) is 36.7 Å². The third-order valence-electron chi connectivity index (χ3n) is 6.99. The molecule has 1 saturated heterocycles. The first-order valence-corrected chi connectivity index (χ1v) is 14.6. The number of sulfonamides is 1. The number of hydrogen-bond donors (Lipinski definition) is 1. The molecule has 1 saturated carbocycles. The summed E-state index contributed by atoms with van der Waals surface area (Å²) in [6.45, 7) is 11.6. The lowest BCUT2D eigenvalue weighted by molar-refractivity contribution is 0.150. The zero-order valence-corrected chi connectivity index (χ0v) is 23.2. The number of rotatable bonds is 7. The number of halogens is 2. The summed E-state index contributed by atoms with van der Waals surface area (Å²) in [6, 6.07) is 2.89. The first-order valence-electron chi connectivity index (χ1n) is 12.3. The van der Waals surface area contributed by atoms with Gasteiger partial charge in [0.15, 0.2) is 10.0 Å². The predicted octanol–water partition coefficient (Wildman–Crippen LogP) is 2.91. The molecule has 0 atom stereocenters. The normalized spacial score (nSPS) is 17.1. The standard InChI is InChI=1S/C23H27F2N9O3S2/c1-5-31(3)22(35)34-10-8-33(9-11-34)16-13-14(39(36,37)30-23(26-2)6-7-23)12-15-17(29-32(4)18(15)16)20-27-28-21(38-20)19(24)25/h12-13,19,30H,5-11H2,1,3-4H3. The lowest BCUT2D eigenvalue weighted by atomic mass is 10.1. The van der Waals surface area contributed by atoms with Gasteiger partial charge >= 0.3 is 6.03 Å². The number of fused-ring (bicyclic) bond motifs is 1. The van der Waals surface area contributed by atoms with Gasteiger partial charge in [0.25, 0.3) is 12.1 Å². The van der Waals surface area contributed by atoms with E-state index in [0.29, 0.717) is 73.5 Å². The Bertz CT molecular complexity index is 1570. The number of aromatic nitrogens is 4. The van der Waals surface area contributed by atoms with Crippen LogP contribution in [0.15, 0.2) is 17.0 Å². The van der Waals surface area contributed by atoms with E-state index in [1.165, 1.54) is 12.1 Å². The van der Waals surface area contributed by atoms with Crippen molar-refractivity contribution in [3.05, 3.63) is 28.6 Å². The molecule has 2 fully saturated rings.